The molecule has 0 amide bonds. The molecule has 5 nitrogen and oxygen atoms in total. The zero-order chi connectivity index (χ0) is 12.5. The maximum atomic E-state index is 11.7. The monoisotopic (exact) mass is 289 g/mol. The molecule has 0 spiro atoms. The maximum Gasteiger partial charge on any atom is 0.420 e. The van der Waals surface area contributed by atoms with E-state index in [4.69, 9.17) is 9.84 Å². The van der Waals surface area contributed by atoms with Crippen molar-refractivity contribution in [2.45, 2.75) is 26.4 Å². The number of aromatic nitrogens is 1. The molecule has 0 radical (unpaired) electrons. The van der Waals surface area contributed by atoms with Crippen LogP contribution in [-0.4, -0.2) is 27.3 Å². The molecule has 1 aromatic rings. The number of aromatic carboxylic acids is 1. The Labute approximate surface area is 101 Å². The van der Waals surface area contributed by atoms with Crippen LogP contribution >= 0.6 is 15.9 Å². The highest BCUT2D eigenvalue weighted by atomic mass is 79.9. The Balaban J connectivity index is 3.08. The van der Waals surface area contributed by atoms with E-state index in [0.29, 0.717) is 4.60 Å². The lowest BCUT2D eigenvalue weighted by Crippen LogP contribution is -2.28. The van der Waals surface area contributed by atoms with Crippen molar-refractivity contribution in [3.05, 3.63) is 22.4 Å². The van der Waals surface area contributed by atoms with Crippen molar-refractivity contribution in [3.63, 3.8) is 0 Å². The average Bonchev–Trinajstić information content (AvgIpc) is 2.43. The summed E-state index contributed by atoms with van der Waals surface area (Å²) in [4.78, 5) is 22.6. The van der Waals surface area contributed by atoms with Crippen LogP contribution in [0.3, 0.4) is 0 Å². The number of carboxylic acid groups (broad SMARTS) is 1. The molecule has 16 heavy (non-hydrogen) atoms. The maximum absolute atomic E-state index is 11.7. The molecule has 0 fully saturated rings. The minimum Gasteiger partial charge on any atom is -0.477 e. The van der Waals surface area contributed by atoms with E-state index in [-0.39, 0.29) is 5.69 Å². The fourth-order valence-corrected chi connectivity index (χ4v) is 1.54. The van der Waals surface area contributed by atoms with Crippen molar-refractivity contribution >= 4 is 28.0 Å². The average molecular weight is 290 g/mol. The van der Waals surface area contributed by atoms with Crippen LogP contribution in [0.15, 0.2) is 16.7 Å². The summed E-state index contributed by atoms with van der Waals surface area (Å²) in [5.41, 5.74) is -0.808. The molecule has 0 aromatic carbocycles. The van der Waals surface area contributed by atoms with Gasteiger partial charge in [-0.3, -0.25) is 0 Å². The second kappa shape index (κ2) is 4.29. The molecule has 1 heterocycles. The number of carboxylic acids is 1. The quantitative estimate of drug-likeness (QED) is 0.863. The normalized spacial score (nSPS) is 11.2. The summed E-state index contributed by atoms with van der Waals surface area (Å²) < 4.78 is 6.40. The number of nitrogens with zero attached hydrogens (tertiary/aromatic N) is 1. The van der Waals surface area contributed by atoms with Crippen LogP contribution in [0.1, 0.15) is 31.3 Å². The first-order chi connectivity index (χ1) is 7.22. The highest BCUT2D eigenvalue weighted by molar-refractivity contribution is 9.10. The lowest BCUT2D eigenvalue weighted by molar-refractivity contribution is 0.0502. The molecule has 0 bridgehead atoms. The van der Waals surface area contributed by atoms with Gasteiger partial charge in [-0.05, 0) is 48.8 Å². The largest absolute Gasteiger partial charge is 0.477 e. The molecule has 88 valence electrons. The predicted octanol–water partition coefficient (Wildman–Crippen LogP) is 2.73. The molecule has 1 rings (SSSR count). The number of carbonyl (C=O) groups is 2. The summed E-state index contributed by atoms with van der Waals surface area (Å²) in [5, 5.41) is 8.88. The Hall–Kier alpha value is -1.30. The lowest BCUT2D eigenvalue weighted by atomic mass is 10.2. The number of carbonyl (C=O) groups excluding carboxylic acids is 1. The zero-order valence-corrected chi connectivity index (χ0v) is 10.7. The Kier molecular flexibility index (Phi) is 3.42. The first kappa shape index (κ1) is 12.8. The Morgan fingerprint density at radius 2 is 1.94 bits per heavy atom. The summed E-state index contributed by atoms with van der Waals surface area (Å²) in [5.74, 6) is -1.18. The van der Waals surface area contributed by atoms with Crippen LogP contribution in [0.25, 0.3) is 0 Å². The summed E-state index contributed by atoms with van der Waals surface area (Å²) in [6.07, 6.45) is -0.721. The van der Waals surface area contributed by atoms with Gasteiger partial charge in [-0.2, -0.15) is 0 Å². The summed E-state index contributed by atoms with van der Waals surface area (Å²) in [6, 6.07) is 2.81. The van der Waals surface area contributed by atoms with Crippen molar-refractivity contribution in [3.8, 4) is 0 Å². The fraction of sp³-hybridized carbons (Fsp3) is 0.400. The van der Waals surface area contributed by atoms with Crippen molar-refractivity contribution < 1.29 is 19.4 Å². The highest BCUT2D eigenvalue weighted by Crippen LogP contribution is 2.18. The van der Waals surface area contributed by atoms with E-state index >= 15 is 0 Å². The zero-order valence-electron chi connectivity index (χ0n) is 9.15. The Bertz CT molecular complexity index is 431. The molecule has 0 aliphatic heterocycles. The molecule has 0 saturated heterocycles. The molecule has 0 aliphatic carbocycles. The van der Waals surface area contributed by atoms with E-state index in [9.17, 15) is 9.59 Å². The predicted molar refractivity (Wildman–Crippen MR) is 60.7 cm³/mol. The van der Waals surface area contributed by atoms with Gasteiger partial charge in [0.25, 0.3) is 0 Å². The van der Waals surface area contributed by atoms with Gasteiger partial charge in [-0.25, -0.2) is 14.2 Å². The Morgan fingerprint density at radius 1 is 1.38 bits per heavy atom. The van der Waals surface area contributed by atoms with E-state index in [1.165, 1.54) is 12.1 Å². The second-order valence-corrected chi connectivity index (χ2v) is 4.97. The van der Waals surface area contributed by atoms with Crippen molar-refractivity contribution in [2.75, 3.05) is 0 Å². The van der Waals surface area contributed by atoms with Crippen molar-refractivity contribution in [2.24, 2.45) is 0 Å². The van der Waals surface area contributed by atoms with Crippen LogP contribution in [0.5, 0.6) is 0 Å². The molecule has 0 aliphatic rings. The summed E-state index contributed by atoms with van der Waals surface area (Å²) in [7, 11) is 0. The SMILES string of the molecule is CC(C)(C)OC(=O)n1c(Br)ccc1C(=O)O. The van der Waals surface area contributed by atoms with Crippen LogP contribution in [0.2, 0.25) is 0 Å². The van der Waals surface area contributed by atoms with E-state index in [1.54, 1.807) is 20.8 Å². The van der Waals surface area contributed by atoms with Crippen LogP contribution in [0, 0.1) is 0 Å². The fourth-order valence-electron chi connectivity index (χ4n) is 1.07. The van der Waals surface area contributed by atoms with Gasteiger partial charge in [-0.1, -0.05) is 0 Å². The van der Waals surface area contributed by atoms with E-state index in [0.717, 1.165) is 4.57 Å². The third-order valence-corrected chi connectivity index (χ3v) is 2.25. The molecule has 0 atom stereocenters. The van der Waals surface area contributed by atoms with Gasteiger partial charge in [0.05, 0.1) is 4.60 Å². The van der Waals surface area contributed by atoms with Crippen molar-refractivity contribution in [1.82, 2.24) is 4.57 Å². The lowest BCUT2D eigenvalue weighted by Gasteiger charge is -2.20. The third-order valence-electron chi connectivity index (χ3n) is 1.63. The minimum absolute atomic E-state index is 0.138. The Morgan fingerprint density at radius 3 is 2.38 bits per heavy atom. The van der Waals surface area contributed by atoms with Gasteiger partial charge < -0.3 is 9.84 Å². The van der Waals surface area contributed by atoms with Crippen LogP contribution in [0.4, 0.5) is 4.79 Å². The van der Waals surface area contributed by atoms with Crippen molar-refractivity contribution in [1.29, 1.82) is 0 Å². The molecule has 1 N–H and O–H groups in total. The number of ether oxygens (including phenoxy) is 1. The first-order valence-electron chi connectivity index (χ1n) is 4.56. The van der Waals surface area contributed by atoms with E-state index in [1.807, 2.05) is 0 Å². The molecule has 1 aromatic heterocycles. The number of hydrogen-bond acceptors (Lipinski definition) is 3. The standard InChI is InChI=1S/C10H12BrNO4/c1-10(2,3)16-9(15)12-6(8(13)14)4-5-7(12)11/h4-5H,1-3H3,(H,13,14). The van der Waals surface area contributed by atoms with Gasteiger partial charge in [0, 0.05) is 0 Å². The topological polar surface area (TPSA) is 68.5 Å². The van der Waals surface area contributed by atoms with E-state index in [2.05, 4.69) is 15.9 Å². The molecule has 6 heteroatoms. The smallest absolute Gasteiger partial charge is 0.420 e. The summed E-state index contributed by atoms with van der Waals surface area (Å²) in [6.45, 7) is 5.13. The van der Waals surface area contributed by atoms with Gasteiger partial charge in [-0.15, -0.1) is 0 Å². The first-order valence-corrected chi connectivity index (χ1v) is 5.35. The number of rotatable bonds is 1. The van der Waals surface area contributed by atoms with Crippen LogP contribution < -0.4 is 0 Å². The molecular weight excluding hydrogens is 278 g/mol. The second-order valence-electron chi connectivity index (χ2n) is 4.16. The van der Waals surface area contributed by atoms with Gasteiger partial charge in [0.2, 0.25) is 0 Å². The highest BCUT2D eigenvalue weighted by Gasteiger charge is 2.23. The van der Waals surface area contributed by atoms with Gasteiger partial charge in [0.15, 0.2) is 0 Å². The van der Waals surface area contributed by atoms with Crippen LogP contribution in [-0.2, 0) is 4.74 Å². The van der Waals surface area contributed by atoms with Gasteiger partial charge in [0.1, 0.15) is 11.3 Å². The minimum atomic E-state index is -1.18. The van der Waals surface area contributed by atoms with Gasteiger partial charge >= 0.3 is 12.1 Å². The summed E-state index contributed by atoms with van der Waals surface area (Å²) >= 11 is 3.09. The molecular formula is C10H12BrNO4. The van der Waals surface area contributed by atoms with E-state index < -0.39 is 17.7 Å². The third kappa shape index (κ3) is 2.85. The molecule has 0 saturated carbocycles. The number of halogens is 1. The molecule has 0 unspecified atom stereocenters. The number of hydrogen-bond donors (Lipinski definition) is 1.